The molecule has 2 aliphatic heterocycles. The summed E-state index contributed by atoms with van der Waals surface area (Å²) >= 11 is 0. The molecule has 2 aliphatic rings. The number of aromatic nitrogens is 2. The number of hydrogen-bond acceptors (Lipinski definition) is 4. The fourth-order valence-electron chi connectivity index (χ4n) is 4.55. The lowest BCUT2D eigenvalue weighted by atomic mass is 9.72. The number of amides is 2. The van der Waals surface area contributed by atoms with Gasteiger partial charge in [0.15, 0.2) is 0 Å². The number of nitrogens with one attached hydrogen (secondary N) is 1. The summed E-state index contributed by atoms with van der Waals surface area (Å²) in [6.45, 7) is 2.31. The molecule has 32 heavy (non-hydrogen) atoms. The summed E-state index contributed by atoms with van der Waals surface area (Å²) in [6, 6.07) is 12.5. The average molecular weight is 442 g/mol. The van der Waals surface area contributed by atoms with Crippen molar-refractivity contribution in [1.29, 1.82) is 0 Å². The van der Waals surface area contributed by atoms with E-state index in [4.69, 9.17) is 0 Å². The van der Waals surface area contributed by atoms with Crippen LogP contribution in [0, 0.1) is 0 Å². The molecule has 1 N–H and O–H groups in total. The zero-order valence-corrected chi connectivity index (χ0v) is 16.8. The van der Waals surface area contributed by atoms with Gasteiger partial charge in [-0.25, -0.2) is 4.68 Å². The van der Waals surface area contributed by atoms with Crippen molar-refractivity contribution in [2.45, 2.75) is 25.1 Å². The van der Waals surface area contributed by atoms with Crippen LogP contribution in [0.1, 0.15) is 24.5 Å². The van der Waals surface area contributed by atoms with E-state index in [-0.39, 0.29) is 24.0 Å². The Morgan fingerprint density at radius 1 is 1.09 bits per heavy atom. The van der Waals surface area contributed by atoms with Crippen LogP contribution in [-0.4, -0.2) is 34.5 Å². The number of alkyl halides is 3. The molecule has 3 heterocycles. The van der Waals surface area contributed by atoms with Crippen molar-refractivity contribution in [3.8, 4) is 11.4 Å². The molecule has 10 heteroatoms. The van der Waals surface area contributed by atoms with Gasteiger partial charge in [-0.2, -0.15) is 5.10 Å². The molecule has 0 saturated carbocycles. The minimum atomic E-state index is -4.80. The van der Waals surface area contributed by atoms with Gasteiger partial charge in [0.2, 0.25) is 11.8 Å². The maximum absolute atomic E-state index is 13.6. The van der Waals surface area contributed by atoms with Gasteiger partial charge < -0.3 is 15.0 Å². The normalized spacial score (nSPS) is 19.7. The van der Waals surface area contributed by atoms with Gasteiger partial charge in [-0.15, -0.1) is 13.2 Å². The minimum absolute atomic E-state index is 0.0591. The number of carbonyl (C=O) groups is 2. The molecule has 7 nitrogen and oxygen atoms in total. The van der Waals surface area contributed by atoms with Crippen LogP contribution < -0.4 is 15.0 Å². The molecule has 1 unspecified atom stereocenters. The first-order chi connectivity index (χ1) is 15.2. The number of benzene rings is 2. The summed E-state index contributed by atoms with van der Waals surface area (Å²) < 4.78 is 42.7. The molecule has 2 amide bonds. The quantitative estimate of drug-likeness (QED) is 0.670. The maximum atomic E-state index is 13.6. The van der Waals surface area contributed by atoms with Crippen molar-refractivity contribution in [3.05, 3.63) is 65.9 Å². The van der Waals surface area contributed by atoms with Gasteiger partial charge in [0.1, 0.15) is 17.0 Å². The van der Waals surface area contributed by atoms with Crippen LogP contribution >= 0.6 is 0 Å². The van der Waals surface area contributed by atoms with Gasteiger partial charge in [0, 0.05) is 24.2 Å². The van der Waals surface area contributed by atoms with Crippen LogP contribution in [-0.2, 0) is 15.0 Å². The Balaban J connectivity index is 1.63. The lowest BCUT2D eigenvalue weighted by Crippen LogP contribution is -2.46. The number of fused-ring (bicyclic) bond motifs is 4. The van der Waals surface area contributed by atoms with E-state index in [9.17, 15) is 22.8 Å². The Labute approximate surface area is 180 Å². The fraction of sp³-hybridized carbons (Fsp3) is 0.227. The third-order valence-electron chi connectivity index (χ3n) is 5.81. The first-order valence-electron chi connectivity index (χ1n) is 9.90. The second-order valence-corrected chi connectivity index (χ2v) is 7.56. The Morgan fingerprint density at radius 2 is 1.81 bits per heavy atom. The molecule has 1 atom stereocenters. The van der Waals surface area contributed by atoms with Crippen molar-refractivity contribution < 1.29 is 27.5 Å². The first-order valence-corrected chi connectivity index (χ1v) is 9.90. The molecule has 0 fully saturated rings. The zero-order valence-electron chi connectivity index (χ0n) is 16.8. The van der Waals surface area contributed by atoms with Crippen LogP contribution in [0.3, 0.4) is 0 Å². The number of carbonyl (C=O) groups excluding carboxylic acids is 2. The number of para-hydroxylation sites is 1. The molecular formula is C22H17F3N4O3. The number of nitrogens with zero attached hydrogens (tertiary/aromatic N) is 3. The van der Waals surface area contributed by atoms with Crippen LogP contribution in [0.15, 0.2) is 54.7 Å². The highest BCUT2D eigenvalue weighted by Crippen LogP contribution is 2.52. The van der Waals surface area contributed by atoms with Crippen LogP contribution in [0.5, 0.6) is 5.75 Å². The van der Waals surface area contributed by atoms with E-state index in [1.165, 1.54) is 23.0 Å². The minimum Gasteiger partial charge on any atom is -0.406 e. The highest BCUT2D eigenvalue weighted by atomic mass is 19.4. The molecule has 1 spiro atoms. The summed E-state index contributed by atoms with van der Waals surface area (Å²) in [7, 11) is 0. The average Bonchev–Trinajstić information content (AvgIpc) is 3.26. The summed E-state index contributed by atoms with van der Waals surface area (Å²) in [5.41, 5.74) is 1.23. The van der Waals surface area contributed by atoms with Gasteiger partial charge in [-0.1, -0.05) is 18.2 Å². The van der Waals surface area contributed by atoms with E-state index in [1.54, 1.807) is 4.90 Å². The smallest absolute Gasteiger partial charge is 0.406 e. The molecular weight excluding hydrogens is 425 g/mol. The van der Waals surface area contributed by atoms with Crippen molar-refractivity contribution in [3.63, 3.8) is 0 Å². The largest absolute Gasteiger partial charge is 0.573 e. The van der Waals surface area contributed by atoms with Crippen LogP contribution in [0.4, 0.5) is 24.7 Å². The van der Waals surface area contributed by atoms with E-state index in [2.05, 4.69) is 15.2 Å². The second-order valence-electron chi connectivity index (χ2n) is 7.56. The maximum Gasteiger partial charge on any atom is 0.573 e. The molecule has 0 radical (unpaired) electrons. The first kappa shape index (κ1) is 20.1. The molecule has 0 saturated heterocycles. The third-order valence-corrected chi connectivity index (χ3v) is 5.81. The number of halogens is 3. The lowest BCUT2D eigenvalue weighted by Gasteiger charge is -2.32. The highest BCUT2D eigenvalue weighted by molar-refractivity contribution is 6.15. The van der Waals surface area contributed by atoms with E-state index in [1.807, 2.05) is 31.2 Å². The Bertz CT molecular complexity index is 1240. The van der Waals surface area contributed by atoms with Crippen LogP contribution in [0.25, 0.3) is 5.69 Å². The summed E-state index contributed by atoms with van der Waals surface area (Å²) in [4.78, 5) is 28.0. The van der Waals surface area contributed by atoms with E-state index < -0.39 is 11.8 Å². The van der Waals surface area contributed by atoms with E-state index >= 15 is 0 Å². The van der Waals surface area contributed by atoms with Gasteiger partial charge in [-0.3, -0.25) is 9.59 Å². The molecule has 0 bridgehead atoms. The Morgan fingerprint density at radius 3 is 2.50 bits per heavy atom. The van der Waals surface area contributed by atoms with Gasteiger partial charge in [-0.05, 0) is 42.8 Å². The zero-order chi connectivity index (χ0) is 22.7. The van der Waals surface area contributed by atoms with Gasteiger partial charge >= 0.3 is 6.36 Å². The predicted molar refractivity (Wildman–Crippen MR) is 109 cm³/mol. The molecule has 2 aromatic carbocycles. The molecule has 5 rings (SSSR count). The number of ether oxygens (including phenoxy) is 1. The third kappa shape index (κ3) is 2.86. The SMILES string of the molecule is CCN1C(=O)C2(CC(=O)Nc3c2cnn3-c2ccc(OC(F)(F)F)cc2)c2ccccc21. The fourth-order valence-corrected chi connectivity index (χ4v) is 4.55. The predicted octanol–water partition coefficient (Wildman–Crippen LogP) is 3.77. The summed E-state index contributed by atoms with van der Waals surface area (Å²) in [6.07, 6.45) is -3.33. The number of likely N-dealkylation sites (N-methyl/N-ethyl adjacent to an activating group) is 1. The molecule has 0 aliphatic carbocycles. The van der Waals surface area contributed by atoms with Crippen molar-refractivity contribution in [2.24, 2.45) is 0 Å². The molecule has 1 aromatic heterocycles. The number of anilines is 2. The van der Waals surface area contributed by atoms with Gasteiger partial charge in [0.25, 0.3) is 0 Å². The monoisotopic (exact) mass is 442 g/mol. The van der Waals surface area contributed by atoms with E-state index in [0.29, 0.717) is 23.6 Å². The van der Waals surface area contributed by atoms with Gasteiger partial charge in [0.05, 0.1) is 11.9 Å². The number of hydrogen-bond donors (Lipinski definition) is 1. The summed E-state index contributed by atoms with van der Waals surface area (Å²) in [5, 5.41) is 7.13. The number of rotatable bonds is 3. The van der Waals surface area contributed by atoms with Crippen molar-refractivity contribution >= 4 is 23.3 Å². The second kappa shape index (κ2) is 6.84. The van der Waals surface area contributed by atoms with Crippen molar-refractivity contribution in [2.75, 3.05) is 16.8 Å². The lowest BCUT2D eigenvalue weighted by molar-refractivity contribution is -0.274. The Hall–Kier alpha value is -3.82. The standard InChI is InChI=1S/C22H17F3N4O3/c1-2-28-17-6-4-3-5-15(17)21(20(28)31)11-18(30)27-19-16(21)12-26-29(19)13-7-9-14(10-8-13)32-22(23,24)25/h3-10,12H,2,11H2,1H3,(H,27,30). The molecule has 3 aromatic rings. The molecule has 164 valence electrons. The topological polar surface area (TPSA) is 76.5 Å². The highest BCUT2D eigenvalue weighted by Gasteiger charge is 2.56. The van der Waals surface area contributed by atoms with Crippen molar-refractivity contribution in [1.82, 2.24) is 9.78 Å². The van der Waals surface area contributed by atoms with Crippen LogP contribution in [0.2, 0.25) is 0 Å². The Kier molecular flexibility index (Phi) is 4.30. The van der Waals surface area contributed by atoms with E-state index in [0.717, 1.165) is 23.4 Å². The summed E-state index contributed by atoms with van der Waals surface area (Å²) in [5.74, 6) is -0.615.